The number of halogens is 1. The molecule has 4 N–H and O–H groups in total. The second-order valence-corrected chi connectivity index (χ2v) is 11.9. The molecule has 2 fully saturated rings. The number of imide groups is 1. The van der Waals surface area contributed by atoms with Crippen LogP contribution in [0, 0.1) is 17.8 Å². The molecule has 2 aliphatic heterocycles. The SMILES string of the molecule is CCCC1=C2[C@@H](CC/C(=C/c3ccc(O)cc3Cl)CC)OB(O)C[C@@H]2[C@@H]2C(=O)N(c3cccc(B(O)O)c3)C(=O)[C@@H]2C1. The Morgan fingerprint density at radius 3 is 2.62 bits per heavy atom. The highest BCUT2D eigenvalue weighted by Gasteiger charge is 2.57. The van der Waals surface area contributed by atoms with Crippen molar-refractivity contribution < 1.29 is 34.4 Å². The second-order valence-electron chi connectivity index (χ2n) is 11.4. The van der Waals surface area contributed by atoms with Gasteiger partial charge in [-0.25, -0.2) is 0 Å². The van der Waals surface area contributed by atoms with Crippen LogP contribution in [0.3, 0.4) is 0 Å². The minimum absolute atomic E-state index is 0.106. The maximum Gasteiger partial charge on any atom is 0.488 e. The Labute approximate surface area is 251 Å². The first kappa shape index (κ1) is 30.6. The summed E-state index contributed by atoms with van der Waals surface area (Å²) < 4.78 is 6.13. The van der Waals surface area contributed by atoms with E-state index in [0.29, 0.717) is 30.0 Å². The number of allylic oxidation sites excluding steroid dienone is 2. The largest absolute Gasteiger partial charge is 0.508 e. The van der Waals surface area contributed by atoms with Gasteiger partial charge in [-0.3, -0.25) is 14.5 Å². The van der Waals surface area contributed by atoms with Crippen molar-refractivity contribution in [3.8, 4) is 5.75 Å². The Morgan fingerprint density at radius 1 is 1.14 bits per heavy atom. The van der Waals surface area contributed by atoms with Crippen LogP contribution in [0.15, 0.2) is 59.2 Å². The number of hydrogen-bond donors (Lipinski definition) is 4. The molecule has 8 nitrogen and oxygen atoms in total. The molecule has 42 heavy (non-hydrogen) atoms. The molecule has 2 heterocycles. The van der Waals surface area contributed by atoms with Crippen LogP contribution in [0.2, 0.25) is 11.3 Å². The second kappa shape index (κ2) is 12.8. The number of rotatable bonds is 9. The van der Waals surface area contributed by atoms with Crippen LogP contribution in [0.5, 0.6) is 5.75 Å². The molecular weight excluding hydrogens is 555 g/mol. The number of hydrogen-bond acceptors (Lipinski definition) is 7. The molecule has 220 valence electrons. The summed E-state index contributed by atoms with van der Waals surface area (Å²) in [5, 5.41) is 40.3. The number of benzene rings is 2. The fraction of sp³-hybridized carbons (Fsp3) is 0.419. The van der Waals surface area contributed by atoms with E-state index in [1.54, 1.807) is 24.3 Å². The molecule has 2 amide bonds. The lowest BCUT2D eigenvalue weighted by Crippen LogP contribution is -2.46. The van der Waals surface area contributed by atoms with E-state index < -0.39 is 32.2 Å². The third kappa shape index (κ3) is 5.96. The van der Waals surface area contributed by atoms with Crippen molar-refractivity contribution in [2.24, 2.45) is 17.8 Å². The number of carbonyl (C=O) groups is 2. The Morgan fingerprint density at radius 2 is 1.93 bits per heavy atom. The lowest BCUT2D eigenvalue weighted by Gasteiger charge is -2.43. The number of aromatic hydroxyl groups is 1. The Bertz CT molecular complexity index is 1430. The van der Waals surface area contributed by atoms with Gasteiger partial charge in [-0.2, -0.15) is 0 Å². The van der Waals surface area contributed by atoms with Crippen LogP contribution in [0.1, 0.15) is 57.9 Å². The highest BCUT2D eigenvalue weighted by molar-refractivity contribution is 6.58. The summed E-state index contributed by atoms with van der Waals surface area (Å²) in [5.74, 6) is -1.99. The summed E-state index contributed by atoms with van der Waals surface area (Å²) in [5.41, 5.74) is 4.64. The van der Waals surface area contributed by atoms with E-state index in [1.165, 1.54) is 23.1 Å². The molecule has 0 radical (unpaired) electrons. The Kier molecular flexibility index (Phi) is 9.30. The summed E-state index contributed by atoms with van der Waals surface area (Å²) in [6.45, 7) is 4.15. The first-order valence-electron chi connectivity index (χ1n) is 14.7. The standard InChI is InChI=1S/C31H36B2ClNO7/c1-3-6-20-14-24-29(31(38)35(30(24)37)22-8-5-7-21(15-22)33(40)41)25-17-32(39)42-27(28(20)25)12-9-18(4-2)13-19-10-11-23(36)16-26(19)34/h5,7-8,10-11,13,15-16,24-25,27,29,36,39-41H,3-4,6,9,12,14,17H2,1-2H3/b18-13+/t24-,25+,27-,29-/m1/s1. The van der Waals surface area contributed by atoms with E-state index in [9.17, 15) is 29.8 Å². The molecule has 2 aromatic rings. The normalized spacial score (nSPS) is 24.3. The van der Waals surface area contributed by atoms with Gasteiger partial charge in [-0.15, -0.1) is 0 Å². The number of anilines is 1. The van der Waals surface area contributed by atoms with Gasteiger partial charge in [0.05, 0.1) is 28.6 Å². The highest BCUT2D eigenvalue weighted by Crippen LogP contribution is 2.52. The number of carbonyl (C=O) groups excluding carboxylic acids is 2. The zero-order chi connectivity index (χ0) is 30.1. The van der Waals surface area contributed by atoms with Crippen LogP contribution >= 0.6 is 11.6 Å². The van der Waals surface area contributed by atoms with Gasteiger partial charge in [0.25, 0.3) is 0 Å². The number of fused-ring (bicyclic) bond motifs is 3. The van der Waals surface area contributed by atoms with Gasteiger partial charge >= 0.3 is 14.2 Å². The average Bonchev–Trinajstić information content (AvgIpc) is 3.21. The van der Waals surface area contributed by atoms with Crippen LogP contribution in [0.4, 0.5) is 5.69 Å². The van der Waals surface area contributed by atoms with E-state index >= 15 is 0 Å². The van der Waals surface area contributed by atoms with Crippen LogP contribution < -0.4 is 10.4 Å². The molecule has 0 bridgehead atoms. The van der Waals surface area contributed by atoms with Crippen LogP contribution in [0.25, 0.3) is 6.08 Å². The monoisotopic (exact) mass is 591 g/mol. The highest BCUT2D eigenvalue weighted by atomic mass is 35.5. The molecular formula is C31H36B2ClNO7. The first-order chi connectivity index (χ1) is 20.1. The van der Waals surface area contributed by atoms with Gasteiger partial charge in [-0.05, 0) is 91.3 Å². The molecule has 2 aromatic carbocycles. The predicted octanol–water partition coefficient (Wildman–Crippen LogP) is 4.10. The van der Waals surface area contributed by atoms with Crippen molar-refractivity contribution in [1.82, 2.24) is 0 Å². The van der Waals surface area contributed by atoms with E-state index in [2.05, 4.69) is 13.8 Å². The number of phenolic OH excluding ortho intramolecular Hbond substituents is 1. The molecule has 11 heteroatoms. The maximum atomic E-state index is 13.9. The van der Waals surface area contributed by atoms with Gasteiger partial charge in [-0.1, -0.05) is 61.2 Å². The van der Waals surface area contributed by atoms with Gasteiger partial charge in [0.1, 0.15) is 5.75 Å². The summed E-state index contributed by atoms with van der Waals surface area (Å²) in [7, 11) is -2.78. The molecule has 0 unspecified atom stereocenters. The smallest absolute Gasteiger partial charge is 0.488 e. The van der Waals surface area contributed by atoms with Gasteiger partial charge < -0.3 is 24.8 Å². The average molecular weight is 592 g/mol. The van der Waals surface area contributed by atoms with Gasteiger partial charge in [0, 0.05) is 0 Å². The van der Waals surface area contributed by atoms with E-state index in [-0.39, 0.29) is 35.3 Å². The van der Waals surface area contributed by atoms with Gasteiger partial charge in [0.15, 0.2) is 0 Å². The van der Waals surface area contributed by atoms with Crippen molar-refractivity contribution >= 4 is 54.9 Å². The Balaban J connectivity index is 1.44. The fourth-order valence-corrected chi connectivity index (χ4v) is 7.13. The molecule has 0 saturated carbocycles. The van der Waals surface area contributed by atoms with Crippen molar-refractivity contribution in [2.75, 3.05) is 4.90 Å². The van der Waals surface area contributed by atoms with Crippen molar-refractivity contribution in [1.29, 1.82) is 0 Å². The molecule has 0 spiro atoms. The fourth-order valence-electron chi connectivity index (χ4n) is 6.90. The summed E-state index contributed by atoms with van der Waals surface area (Å²) in [6.07, 6.45) is 6.05. The Hall–Kier alpha value is -2.88. The molecule has 5 rings (SSSR count). The van der Waals surface area contributed by atoms with E-state index in [0.717, 1.165) is 41.5 Å². The number of amides is 2. The maximum absolute atomic E-state index is 13.9. The van der Waals surface area contributed by atoms with E-state index in [1.807, 2.05) is 6.08 Å². The lowest BCUT2D eigenvalue weighted by molar-refractivity contribution is -0.122. The zero-order valence-electron chi connectivity index (χ0n) is 23.9. The van der Waals surface area contributed by atoms with Crippen molar-refractivity contribution in [2.45, 2.75) is 64.8 Å². The first-order valence-corrected chi connectivity index (χ1v) is 15.1. The van der Waals surface area contributed by atoms with E-state index in [4.69, 9.17) is 16.3 Å². The predicted molar refractivity (Wildman–Crippen MR) is 164 cm³/mol. The van der Waals surface area contributed by atoms with Gasteiger partial charge in [0.2, 0.25) is 11.8 Å². The van der Waals surface area contributed by atoms with Crippen LogP contribution in [-0.2, 0) is 14.2 Å². The quantitative estimate of drug-likeness (QED) is 0.196. The minimum Gasteiger partial charge on any atom is -0.508 e. The molecule has 0 aromatic heterocycles. The zero-order valence-corrected chi connectivity index (χ0v) is 24.6. The topological polar surface area (TPSA) is 128 Å². The lowest BCUT2D eigenvalue weighted by atomic mass is 9.58. The minimum atomic E-state index is -1.72. The third-order valence-electron chi connectivity index (χ3n) is 8.81. The van der Waals surface area contributed by atoms with Crippen LogP contribution in [-0.4, -0.2) is 52.3 Å². The third-order valence-corrected chi connectivity index (χ3v) is 9.14. The number of nitrogens with zero attached hydrogens (tertiary/aromatic N) is 1. The molecule has 4 atom stereocenters. The summed E-state index contributed by atoms with van der Waals surface area (Å²) in [4.78, 5) is 28.8. The molecule has 2 saturated heterocycles. The van der Waals surface area contributed by atoms with Crippen molar-refractivity contribution in [3.63, 3.8) is 0 Å². The van der Waals surface area contributed by atoms with Crippen molar-refractivity contribution in [3.05, 3.63) is 69.8 Å². The summed E-state index contributed by atoms with van der Waals surface area (Å²) in [6, 6.07) is 11.1. The molecule has 1 aliphatic carbocycles. The number of phenols is 1. The summed E-state index contributed by atoms with van der Waals surface area (Å²) >= 11 is 6.34. The molecule has 3 aliphatic rings.